The predicted molar refractivity (Wildman–Crippen MR) is 247 cm³/mol. The molecule has 0 spiro atoms. The first-order valence-corrected chi connectivity index (χ1v) is 25.2. The molecule has 0 aromatic rings. The second-order valence-electron chi connectivity index (χ2n) is 17.5. The Hall–Kier alpha value is -1.21. The van der Waals surface area contributed by atoms with Crippen molar-refractivity contribution in [1.82, 2.24) is 5.32 Å². The van der Waals surface area contributed by atoms with E-state index in [9.17, 15) is 25.2 Å². The van der Waals surface area contributed by atoms with Gasteiger partial charge in [-0.1, -0.05) is 244 Å². The molecule has 4 atom stereocenters. The van der Waals surface area contributed by atoms with Gasteiger partial charge >= 0.3 is 0 Å². The normalized spacial score (nSPS) is 14.1. The Labute approximate surface area is 354 Å². The minimum Gasteiger partial charge on any atom is -0.394 e. The molecular formula is C51H99NO5. The Morgan fingerprint density at radius 3 is 1.11 bits per heavy atom. The van der Waals surface area contributed by atoms with Gasteiger partial charge in [0, 0.05) is 0 Å². The number of carbonyl (C=O) groups is 1. The Kier molecular flexibility index (Phi) is 44.9. The van der Waals surface area contributed by atoms with Crippen LogP contribution in [0.2, 0.25) is 0 Å². The topological polar surface area (TPSA) is 110 Å². The first kappa shape index (κ1) is 55.8. The van der Waals surface area contributed by atoms with Crippen LogP contribution in [-0.2, 0) is 4.79 Å². The van der Waals surface area contributed by atoms with Crippen molar-refractivity contribution < 1.29 is 25.2 Å². The number of aliphatic hydroxyl groups is 4. The average Bonchev–Trinajstić information content (AvgIpc) is 3.22. The van der Waals surface area contributed by atoms with E-state index >= 15 is 0 Å². The molecule has 0 heterocycles. The van der Waals surface area contributed by atoms with Crippen molar-refractivity contribution >= 4 is 5.91 Å². The third-order valence-corrected chi connectivity index (χ3v) is 11.9. The van der Waals surface area contributed by atoms with Gasteiger partial charge in [-0.2, -0.15) is 0 Å². The fourth-order valence-electron chi connectivity index (χ4n) is 7.91. The lowest BCUT2D eigenvalue weighted by molar-refractivity contribution is -0.132. The van der Waals surface area contributed by atoms with E-state index in [2.05, 4.69) is 43.5 Å². The molecule has 0 saturated heterocycles. The van der Waals surface area contributed by atoms with Gasteiger partial charge in [-0.25, -0.2) is 0 Å². The SMILES string of the molecule is CCCCCCCCCCC/C=C\C/C=C\CCCCCCCCCCCCC(O)C(=O)NC(CO)C(O)C(O)CCCCCCCCCCCCCCCCC. The molecule has 338 valence electrons. The number of unbranched alkanes of at least 4 members (excludes halogenated alkanes) is 33. The standard InChI is InChI=1S/C51H99NO5/c1-3-5-7-9-11-13-15-17-19-20-21-22-23-24-25-26-27-28-29-31-33-35-37-39-41-43-45-49(55)51(57)52-47(46-53)50(56)48(54)44-42-40-38-36-34-32-30-18-16-14-12-10-8-6-4-2/h21-22,24-25,47-50,53-56H,3-20,23,26-46H2,1-2H3,(H,52,57)/b22-21-,25-24-. The maximum atomic E-state index is 12.5. The minimum absolute atomic E-state index is 0.367. The van der Waals surface area contributed by atoms with Crippen LogP contribution in [0, 0.1) is 0 Å². The van der Waals surface area contributed by atoms with Gasteiger partial charge in [-0.15, -0.1) is 0 Å². The van der Waals surface area contributed by atoms with Gasteiger partial charge in [-0.05, 0) is 44.9 Å². The number of allylic oxidation sites excluding steroid dienone is 4. The summed E-state index contributed by atoms with van der Waals surface area (Å²) in [4.78, 5) is 12.5. The summed E-state index contributed by atoms with van der Waals surface area (Å²) in [5.74, 6) is -0.584. The molecule has 57 heavy (non-hydrogen) atoms. The van der Waals surface area contributed by atoms with Crippen LogP contribution >= 0.6 is 0 Å². The summed E-state index contributed by atoms with van der Waals surface area (Å²) in [5.41, 5.74) is 0. The molecule has 0 bridgehead atoms. The van der Waals surface area contributed by atoms with Crippen LogP contribution in [0.25, 0.3) is 0 Å². The predicted octanol–water partition coefficient (Wildman–Crippen LogP) is 13.9. The third-order valence-electron chi connectivity index (χ3n) is 11.9. The third kappa shape index (κ3) is 40.0. The summed E-state index contributed by atoms with van der Waals surface area (Å²) in [5, 5.41) is 43.8. The molecule has 5 N–H and O–H groups in total. The van der Waals surface area contributed by atoms with Gasteiger partial charge in [0.15, 0.2) is 0 Å². The Balaban J connectivity index is 3.66. The molecular weight excluding hydrogens is 707 g/mol. The van der Waals surface area contributed by atoms with Crippen LogP contribution in [-0.4, -0.2) is 57.3 Å². The van der Waals surface area contributed by atoms with Crippen molar-refractivity contribution in [2.45, 2.75) is 289 Å². The van der Waals surface area contributed by atoms with Crippen molar-refractivity contribution in [3.63, 3.8) is 0 Å². The van der Waals surface area contributed by atoms with E-state index in [-0.39, 0.29) is 0 Å². The van der Waals surface area contributed by atoms with Crippen molar-refractivity contribution in [3.8, 4) is 0 Å². The number of rotatable bonds is 46. The van der Waals surface area contributed by atoms with Crippen molar-refractivity contribution in [1.29, 1.82) is 0 Å². The lowest BCUT2D eigenvalue weighted by Crippen LogP contribution is -2.53. The lowest BCUT2D eigenvalue weighted by atomic mass is 9.99. The second-order valence-corrected chi connectivity index (χ2v) is 17.5. The molecule has 1 amide bonds. The molecule has 6 nitrogen and oxygen atoms in total. The Morgan fingerprint density at radius 1 is 0.439 bits per heavy atom. The molecule has 0 aliphatic heterocycles. The van der Waals surface area contributed by atoms with Gasteiger partial charge in [0.05, 0.1) is 18.8 Å². The zero-order valence-electron chi connectivity index (χ0n) is 38.1. The number of hydrogen-bond donors (Lipinski definition) is 5. The number of amides is 1. The highest BCUT2D eigenvalue weighted by Crippen LogP contribution is 2.17. The molecule has 0 fully saturated rings. The molecule has 0 radical (unpaired) electrons. The molecule has 4 unspecified atom stereocenters. The highest BCUT2D eigenvalue weighted by atomic mass is 16.3. The van der Waals surface area contributed by atoms with Crippen LogP contribution < -0.4 is 5.32 Å². The molecule has 0 aliphatic carbocycles. The van der Waals surface area contributed by atoms with E-state index in [0.717, 1.165) is 44.9 Å². The monoisotopic (exact) mass is 806 g/mol. The van der Waals surface area contributed by atoms with E-state index < -0.39 is 36.9 Å². The van der Waals surface area contributed by atoms with Gasteiger partial charge in [0.25, 0.3) is 0 Å². The summed E-state index contributed by atoms with van der Waals surface area (Å²) in [6.07, 6.45) is 53.6. The smallest absolute Gasteiger partial charge is 0.249 e. The highest BCUT2D eigenvalue weighted by molar-refractivity contribution is 5.80. The van der Waals surface area contributed by atoms with Gasteiger partial charge in [0.1, 0.15) is 12.2 Å². The largest absolute Gasteiger partial charge is 0.394 e. The fraction of sp³-hybridized carbons (Fsp3) is 0.902. The van der Waals surface area contributed by atoms with Crippen LogP contribution in [0.15, 0.2) is 24.3 Å². The number of nitrogens with one attached hydrogen (secondary N) is 1. The zero-order chi connectivity index (χ0) is 41.7. The van der Waals surface area contributed by atoms with Crippen molar-refractivity contribution in [2.24, 2.45) is 0 Å². The summed E-state index contributed by atoms with van der Waals surface area (Å²) in [6, 6.07) is -0.985. The molecule has 0 aliphatic rings. The maximum Gasteiger partial charge on any atom is 0.249 e. The Morgan fingerprint density at radius 2 is 0.754 bits per heavy atom. The van der Waals surface area contributed by atoms with E-state index in [0.29, 0.717) is 12.8 Å². The summed E-state index contributed by atoms with van der Waals surface area (Å²) >= 11 is 0. The average molecular weight is 806 g/mol. The molecule has 0 aromatic heterocycles. The van der Waals surface area contributed by atoms with Crippen LogP contribution in [0.3, 0.4) is 0 Å². The van der Waals surface area contributed by atoms with E-state index in [1.807, 2.05) is 0 Å². The first-order chi connectivity index (χ1) is 28.0. The number of hydrogen-bond acceptors (Lipinski definition) is 5. The molecule has 6 heteroatoms. The molecule has 0 rings (SSSR count). The Bertz CT molecular complexity index is 863. The highest BCUT2D eigenvalue weighted by Gasteiger charge is 2.28. The quantitative estimate of drug-likeness (QED) is 0.0311. The molecule has 0 saturated carbocycles. The lowest BCUT2D eigenvalue weighted by Gasteiger charge is -2.27. The van der Waals surface area contributed by atoms with E-state index in [1.54, 1.807) is 0 Å². The van der Waals surface area contributed by atoms with E-state index in [1.165, 1.54) is 193 Å². The summed E-state index contributed by atoms with van der Waals surface area (Å²) in [7, 11) is 0. The van der Waals surface area contributed by atoms with Gasteiger partial charge < -0.3 is 25.7 Å². The van der Waals surface area contributed by atoms with Crippen LogP contribution in [0.5, 0.6) is 0 Å². The minimum atomic E-state index is -1.26. The number of aliphatic hydroxyl groups excluding tert-OH is 4. The van der Waals surface area contributed by atoms with Crippen LogP contribution in [0.4, 0.5) is 0 Å². The summed E-state index contributed by atoms with van der Waals surface area (Å²) < 4.78 is 0. The van der Waals surface area contributed by atoms with Crippen LogP contribution in [0.1, 0.15) is 264 Å². The fourth-order valence-corrected chi connectivity index (χ4v) is 7.91. The second kappa shape index (κ2) is 45.9. The summed E-state index contributed by atoms with van der Waals surface area (Å²) in [6.45, 7) is 4.07. The first-order valence-electron chi connectivity index (χ1n) is 25.2. The van der Waals surface area contributed by atoms with E-state index in [4.69, 9.17) is 0 Å². The maximum absolute atomic E-state index is 12.5. The van der Waals surface area contributed by atoms with Gasteiger partial charge in [-0.3, -0.25) is 4.79 Å². The van der Waals surface area contributed by atoms with Crippen molar-refractivity contribution in [2.75, 3.05) is 6.61 Å². The zero-order valence-corrected chi connectivity index (χ0v) is 38.1. The molecule has 0 aromatic carbocycles. The van der Waals surface area contributed by atoms with Gasteiger partial charge in [0.2, 0.25) is 5.91 Å². The van der Waals surface area contributed by atoms with Crippen molar-refractivity contribution in [3.05, 3.63) is 24.3 Å². The number of carbonyl (C=O) groups excluding carboxylic acids is 1.